The molecule has 8 aromatic carbocycles. The standard InChI is InChI=1S/C49H32N4/c1-50-42-17-7-2-12-34(42)39-25-22-32(29-48(39)50)53-45-20-10-5-15-37(45)40-26-23-33(30-49(40)53)52-46-21-11-6-16-38(46)41-28-31(24-27-47(41)52)51-43-18-8-3-13-35(43)36-14-4-9-19-44(36)51/h2-30H,1H3. The minimum Gasteiger partial charge on any atom is -0.344 e. The molecular weight excluding hydrogens is 645 g/mol. The maximum absolute atomic E-state index is 2.44. The summed E-state index contributed by atoms with van der Waals surface area (Å²) in [5.74, 6) is 0. The Hall–Kier alpha value is -7.04. The van der Waals surface area contributed by atoms with Crippen LogP contribution in [0.3, 0.4) is 0 Å². The Morgan fingerprint density at radius 3 is 1.09 bits per heavy atom. The van der Waals surface area contributed by atoms with Gasteiger partial charge < -0.3 is 18.3 Å². The van der Waals surface area contributed by atoms with Gasteiger partial charge in [0.05, 0.1) is 38.6 Å². The van der Waals surface area contributed by atoms with Gasteiger partial charge in [0.25, 0.3) is 0 Å². The molecule has 0 N–H and O–H groups in total. The summed E-state index contributed by atoms with van der Waals surface area (Å²) in [7, 11) is 2.17. The third-order valence-electron chi connectivity index (χ3n) is 11.6. The number of benzene rings is 8. The van der Waals surface area contributed by atoms with Gasteiger partial charge in [-0.3, -0.25) is 0 Å². The number of rotatable bonds is 3. The zero-order valence-corrected chi connectivity index (χ0v) is 29.0. The molecule has 0 aliphatic rings. The summed E-state index contributed by atoms with van der Waals surface area (Å²) in [5, 5.41) is 10.1. The minimum atomic E-state index is 1.14. The van der Waals surface area contributed by atoms with E-state index in [1.807, 2.05) is 0 Å². The number of nitrogens with zero attached hydrogens (tertiary/aromatic N) is 4. The third kappa shape index (κ3) is 3.84. The molecular formula is C49H32N4. The first-order valence-electron chi connectivity index (χ1n) is 18.3. The lowest BCUT2D eigenvalue weighted by molar-refractivity contribution is 1.01. The molecule has 12 rings (SSSR count). The molecule has 0 aliphatic carbocycles. The van der Waals surface area contributed by atoms with Crippen LogP contribution in [-0.4, -0.2) is 18.3 Å². The van der Waals surface area contributed by atoms with Gasteiger partial charge in [0.1, 0.15) is 0 Å². The molecule has 0 aliphatic heterocycles. The van der Waals surface area contributed by atoms with Gasteiger partial charge in [0.15, 0.2) is 0 Å². The van der Waals surface area contributed by atoms with Crippen molar-refractivity contribution in [1.29, 1.82) is 0 Å². The Morgan fingerprint density at radius 1 is 0.245 bits per heavy atom. The fraction of sp³-hybridized carbons (Fsp3) is 0.0204. The van der Waals surface area contributed by atoms with Gasteiger partial charge in [-0.05, 0) is 72.8 Å². The van der Waals surface area contributed by atoms with Crippen LogP contribution in [0.2, 0.25) is 0 Å². The first kappa shape index (κ1) is 28.6. The molecule has 248 valence electrons. The van der Waals surface area contributed by atoms with Gasteiger partial charge in [0, 0.05) is 72.7 Å². The Labute approximate surface area is 304 Å². The number of hydrogen-bond acceptors (Lipinski definition) is 0. The Balaban J connectivity index is 1.11. The average molecular weight is 677 g/mol. The second-order valence-corrected chi connectivity index (χ2v) is 14.3. The monoisotopic (exact) mass is 676 g/mol. The van der Waals surface area contributed by atoms with Crippen molar-refractivity contribution < 1.29 is 0 Å². The van der Waals surface area contributed by atoms with Crippen LogP contribution < -0.4 is 0 Å². The number of hydrogen-bond donors (Lipinski definition) is 0. The van der Waals surface area contributed by atoms with E-state index in [1.165, 1.54) is 87.2 Å². The summed E-state index contributed by atoms with van der Waals surface area (Å²) in [4.78, 5) is 0. The smallest absolute Gasteiger partial charge is 0.0561 e. The van der Waals surface area contributed by atoms with Crippen LogP contribution in [0.1, 0.15) is 0 Å². The lowest BCUT2D eigenvalue weighted by Crippen LogP contribution is -1.98. The molecule has 12 aromatic rings. The Kier molecular flexibility index (Phi) is 5.67. The number of para-hydroxylation sites is 5. The fourth-order valence-electron chi connectivity index (χ4n) is 9.24. The summed E-state index contributed by atoms with van der Waals surface area (Å²) in [5.41, 5.74) is 13.2. The number of aryl methyl sites for hydroxylation is 1. The van der Waals surface area contributed by atoms with Gasteiger partial charge in [0.2, 0.25) is 0 Å². The number of aromatic nitrogens is 4. The lowest BCUT2D eigenvalue weighted by Gasteiger charge is -2.12. The van der Waals surface area contributed by atoms with E-state index < -0.39 is 0 Å². The van der Waals surface area contributed by atoms with Gasteiger partial charge in [-0.15, -0.1) is 0 Å². The van der Waals surface area contributed by atoms with Crippen molar-refractivity contribution >= 4 is 87.2 Å². The minimum absolute atomic E-state index is 1.14. The molecule has 0 amide bonds. The van der Waals surface area contributed by atoms with Crippen molar-refractivity contribution in [2.24, 2.45) is 7.05 Å². The van der Waals surface area contributed by atoms with Gasteiger partial charge >= 0.3 is 0 Å². The van der Waals surface area contributed by atoms with E-state index in [1.54, 1.807) is 0 Å². The van der Waals surface area contributed by atoms with Gasteiger partial charge in [-0.1, -0.05) is 103 Å². The van der Waals surface area contributed by atoms with Crippen molar-refractivity contribution in [3.05, 3.63) is 176 Å². The van der Waals surface area contributed by atoms with Crippen LogP contribution in [0, 0.1) is 0 Å². The second kappa shape index (κ2) is 10.5. The van der Waals surface area contributed by atoms with Crippen molar-refractivity contribution in [2.75, 3.05) is 0 Å². The third-order valence-corrected chi connectivity index (χ3v) is 11.6. The highest BCUT2D eigenvalue weighted by atomic mass is 15.0. The molecule has 0 atom stereocenters. The van der Waals surface area contributed by atoms with Gasteiger partial charge in [-0.2, -0.15) is 0 Å². The van der Waals surface area contributed by atoms with E-state index in [-0.39, 0.29) is 0 Å². The molecule has 0 unspecified atom stereocenters. The molecule has 0 spiro atoms. The molecule has 0 bridgehead atoms. The SMILES string of the molecule is Cn1c2ccccc2c2ccc(-n3c4ccccc4c4ccc(-n5c6ccccc6c6cc(-n7c8ccccc8c8ccccc87)ccc65)cc43)cc21. The van der Waals surface area contributed by atoms with E-state index >= 15 is 0 Å². The molecule has 4 aromatic heterocycles. The molecule has 0 saturated heterocycles. The van der Waals surface area contributed by atoms with Gasteiger partial charge in [-0.25, -0.2) is 0 Å². The van der Waals surface area contributed by atoms with Crippen molar-refractivity contribution in [1.82, 2.24) is 18.3 Å². The summed E-state index contributed by atoms with van der Waals surface area (Å²) in [6.07, 6.45) is 0. The molecule has 4 nitrogen and oxygen atoms in total. The second-order valence-electron chi connectivity index (χ2n) is 14.3. The fourth-order valence-corrected chi connectivity index (χ4v) is 9.24. The first-order chi connectivity index (χ1) is 26.2. The van der Waals surface area contributed by atoms with Crippen LogP contribution in [0.4, 0.5) is 0 Å². The van der Waals surface area contributed by atoms with Crippen molar-refractivity contribution in [2.45, 2.75) is 0 Å². The molecule has 0 radical (unpaired) electrons. The summed E-state index contributed by atoms with van der Waals surface area (Å²) < 4.78 is 9.61. The highest BCUT2D eigenvalue weighted by Crippen LogP contribution is 2.40. The topological polar surface area (TPSA) is 19.7 Å². The summed E-state index contributed by atoms with van der Waals surface area (Å²) >= 11 is 0. The summed E-state index contributed by atoms with van der Waals surface area (Å²) in [6, 6.07) is 64.6. The highest BCUT2D eigenvalue weighted by Gasteiger charge is 2.19. The van der Waals surface area contributed by atoms with Crippen LogP contribution in [0.15, 0.2) is 176 Å². The van der Waals surface area contributed by atoms with Crippen molar-refractivity contribution in [3.8, 4) is 17.1 Å². The quantitative estimate of drug-likeness (QED) is 0.177. The van der Waals surface area contributed by atoms with Crippen LogP contribution in [0.25, 0.3) is 104 Å². The largest absolute Gasteiger partial charge is 0.344 e. The predicted molar refractivity (Wildman–Crippen MR) is 223 cm³/mol. The zero-order valence-electron chi connectivity index (χ0n) is 29.0. The molecule has 4 heterocycles. The predicted octanol–water partition coefficient (Wildman–Crippen LogP) is 12.6. The summed E-state index contributed by atoms with van der Waals surface area (Å²) in [6.45, 7) is 0. The maximum atomic E-state index is 2.44. The Morgan fingerprint density at radius 2 is 0.566 bits per heavy atom. The Bertz CT molecular complexity index is 3420. The van der Waals surface area contributed by atoms with E-state index in [2.05, 4.69) is 201 Å². The van der Waals surface area contributed by atoms with Crippen molar-refractivity contribution in [3.63, 3.8) is 0 Å². The average Bonchev–Trinajstić information content (AvgIpc) is 3.92. The highest BCUT2D eigenvalue weighted by molar-refractivity contribution is 6.14. The first-order valence-corrected chi connectivity index (χ1v) is 18.3. The molecule has 4 heteroatoms. The van der Waals surface area contributed by atoms with Crippen LogP contribution >= 0.6 is 0 Å². The molecule has 53 heavy (non-hydrogen) atoms. The van der Waals surface area contributed by atoms with E-state index in [0.717, 1.165) is 17.1 Å². The number of fused-ring (bicyclic) bond motifs is 12. The maximum Gasteiger partial charge on any atom is 0.0561 e. The van der Waals surface area contributed by atoms with E-state index in [0.29, 0.717) is 0 Å². The van der Waals surface area contributed by atoms with Crippen LogP contribution in [0.5, 0.6) is 0 Å². The molecule has 0 fully saturated rings. The van der Waals surface area contributed by atoms with E-state index in [4.69, 9.17) is 0 Å². The van der Waals surface area contributed by atoms with Crippen LogP contribution in [-0.2, 0) is 7.05 Å². The molecule has 0 saturated carbocycles. The van der Waals surface area contributed by atoms with E-state index in [9.17, 15) is 0 Å². The normalized spacial score (nSPS) is 12.2. The zero-order chi connectivity index (χ0) is 34.8. The lowest BCUT2D eigenvalue weighted by atomic mass is 10.1.